The molecule has 0 fully saturated rings. The maximum absolute atomic E-state index is 11.7. The summed E-state index contributed by atoms with van der Waals surface area (Å²) in [5.41, 5.74) is 18.4. The zero-order chi connectivity index (χ0) is 23.1. The number of amides is 1. The molecule has 2 atom stereocenters. The Morgan fingerprint density at radius 1 is 1.21 bits per heavy atom. The van der Waals surface area contributed by atoms with E-state index < -0.39 is 11.8 Å². The van der Waals surface area contributed by atoms with Gasteiger partial charge in [-0.25, -0.2) is 20.4 Å². The molecule has 2 aliphatic rings. The molecule has 3 aromatic rings. The number of hydrogen-bond acceptors (Lipinski definition) is 9. The van der Waals surface area contributed by atoms with E-state index in [1.54, 1.807) is 28.2 Å². The number of hydrogen-bond donors (Lipinski definition) is 3. The average molecular weight is 441 g/mol. The molecule has 0 aliphatic carbocycles. The third kappa shape index (κ3) is 3.26. The second-order valence-electron chi connectivity index (χ2n) is 7.55. The van der Waals surface area contributed by atoms with Crippen molar-refractivity contribution in [2.75, 3.05) is 7.05 Å². The number of rotatable bonds is 4. The van der Waals surface area contributed by atoms with Crippen molar-refractivity contribution in [1.82, 2.24) is 30.0 Å². The highest BCUT2D eigenvalue weighted by molar-refractivity contribution is 5.89. The lowest BCUT2D eigenvalue weighted by Crippen LogP contribution is -2.30. The van der Waals surface area contributed by atoms with Crippen LogP contribution in [0.25, 0.3) is 5.69 Å². The van der Waals surface area contributed by atoms with Crippen molar-refractivity contribution in [2.45, 2.75) is 12.0 Å². The molecular formula is C22H19N9O2. The quantitative estimate of drug-likeness (QED) is 0.536. The molecule has 11 nitrogen and oxygen atoms in total. The van der Waals surface area contributed by atoms with Crippen LogP contribution < -0.4 is 16.9 Å². The fourth-order valence-corrected chi connectivity index (χ4v) is 4.21. The molecule has 2 aliphatic heterocycles. The van der Waals surface area contributed by atoms with Crippen LogP contribution in [0.15, 0.2) is 78.3 Å². The number of nitriles is 1. The number of carbonyl (C=O) groups is 1. The van der Waals surface area contributed by atoms with E-state index in [1.807, 2.05) is 31.3 Å². The predicted molar refractivity (Wildman–Crippen MR) is 115 cm³/mol. The molecule has 164 valence electrons. The van der Waals surface area contributed by atoms with Gasteiger partial charge in [0.2, 0.25) is 17.6 Å². The van der Waals surface area contributed by atoms with E-state index in [-0.39, 0.29) is 17.7 Å². The van der Waals surface area contributed by atoms with E-state index >= 15 is 0 Å². The van der Waals surface area contributed by atoms with Crippen molar-refractivity contribution in [3.8, 4) is 11.8 Å². The normalized spacial score (nSPS) is 19.8. The minimum Gasteiger partial charge on any atom is -0.423 e. The van der Waals surface area contributed by atoms with Gasteiger partial charge in [0, 0.05) is 48.7 Å². The Labute approximate surface area is 188 Å². The molecular weight excluding hydrogens is 422 g/mol. The topological polar surface area (TPSA) is 161 Å². The van der Waals surface area contributed by atoms with Crippen LogP contribution >= 0.6 is 0 Å². The minimum atomic E-state index is -0.626. The number of hydrazine groups is 1. The average Bonchev–Trinajstić information content (AvgIpc) is 3.44. The van der Waals surface area contributed by atoms with Crippen molar-refractivity contribution in [3.05, 3.63) is 95.2 Å². The molecule has 2 aromatic heterocycles. The lowest BCUT2D eigenvalue weighted by molar-refractivity contribution is 0.0989. The van der Waals surface area contributed by atoms with Crippen LogP contribution in [0.3, 0.4) is 0 Å². The van der Waals surface area contributed by atoms with Crippen LogP contribution in [-0.2, 0) is 4.74 Å². The molecule has 0 bridgehead atoms. The van der Waals surface area contributed by atoms with Crippen LogP contribution in [0.4, 0.5) is 0 Å². The highest BCUT2D eigenvalue weighted by Gasteiger charge is 2.43. The zero-order valence-corrected chi connectivity index (χ0v) is 17.5. The van der Waals surface area contributed by atoms with Crippen molar-refractivity contribution in [1.29, 1.82) is 5.26 Å². The summed E-state index contributed by atoms with van der Waals surface area (Å²) >= 11 is 0. The van der Waals surface area contributed by atoms with E-state index in [0.29, 0.717) is 17.1 Å². The second-order valence-corrected chi connectivity index (χ2v) is 7.55. The van der Waals surface area contributed by atoms with Crippen molar-refractivity contribution in [3.63, 3.8) is 0 Å². The number of primary amides is 1. The van der Waals surface area contributed by atoms with Gasteiger partial charge in [0.1, 0.15) is 18.0 Å². The number of nitrogens with one attached hydrogen (secondary N) is 1. The number of allylic oxidation sites excluding steroid dienone is 1. The molecule has 1 aromatic carbocycles. The van der Waals surface area contributed by atoms with Crippen molar-refractivity contribution < 1.29 is 9.53 Å². The van der Waals surface area contributed by atoms with Crippen LogP contribution in [0.1, 0.15) is 33.7 Å². The fourth-order valence-electron chi connectivity index (χ4n) is 4.21. The minimum absolute atomic E-state index is 0.0505. The lowest BCUT2D eigenvalue weighted by Gasteiger charge is -2.28. The number of ether oxygens (including phenoxy) is 1. The molecule has 33 heavy (non-hydrogen) atoms. The molecule has 11 heteroatoms. The Balaban J connectivity index is 1.60. The predicted octanol–water partition coefficient (Wildman–Crippen LogP) is 0.972. The van der Waals surface area contributed by atoms with E-state index in [4.69, 9.17) is 16.2 Å². The van der Waals surface area contributed by atoms with E-state index in [2.05, 4.69) is 26.4 Å². The van der Waals surface area contributed by atoms with Crippen LogP contribution in [-0.4, -0.2) is 37.5 Å². The van der Waals surface area contributed by atoms with Gasteiger partial charge in [-0.1, -0.05) is 12.1 Å². The summed E-state index contributed by atoms with van der Waals surface area (Å²) in [7, 11) is 1.81. The van der Waals surface area contributed by atoms with Gasteiger partial charge in [0.05, 0.1) is 12.0 Å². The lowest BCUT2D eigenvalue weighted by atomic mass is 9.80. The van der Waals surface area contributed by atoms with Gasteiger partial charge >= 0.3 is 0 Å². The molecule has 5 N–H and O–H groups in total. The van der Waals surface area contributed by atoms with Gasteiger partial charge < -0.3 is 16.2 Å². The van der Waals surface area contributed by atoms with Crippen LogP contribution in [0.5, 0.6) is 0 Å². The Bertz CT molecular complexity index is 1340. The number of nitrogens with two attached hydrogens (primary N) is 2. The standard InChI is InChI=1S/C22H19N9O2/c1-30-22-17(18(29-30)13-9-26-11-27-10-13)16(15(8-23)20(25)33-22)12-2-4-14(5-3-12)31-7-6-28-21(31)19(24)32/h2-7,9-11,16,18,29H,25H2,1H3,(H2,24,32). The number of benzene rings is 1. The van der Waals surface area contributed by atoms with E-state index in [9.17, 15) is 10.1 Å². The summed E-state index contributed by atoms with van der Waals surface area (Å²) in [4.78, 5) is 23.9. The van der Waals surface area contributed by atoms with Gasteiger partial charge in [-0.15, -0.1) is 0 Å². The first-order chi connectivity index (χ1) is 16.0. The smallest absolute Gasteiger partial charge is 0.285 e. The molecule has 0 saturated carbocycles. The Kier molecular flexibility index (Phi) is 4.77. The number of imidazole rings is 1. The maximum atomic E-state index is 11.7. The first-order valence-electron chi connectivity index (χ1n) is 9.99. The maximum Gasteiger partial charge on any atom is 0.285 e. The molecule has 4 heterocycles. The second kappa shape index (κ2) is 7.77. The number of aromatic nitrogens is 4. The SMILES string of the molecule is CN1NC(c2cncnc2)C2=C1OC(N)=C(C#N)C2c1ccc(-n2ccnc2C(N)=O)cc1. The Morgan fingerprint density at radius 3 is 2.61 bits per heavy atom. The summed E-state index contributed by atoms with van der Waals surface area (Å²) in [6.45, 7) is 0. The summed E-state index contributed by atoms with van der Waals surface area (Å²) in [6, 6.07) is 9.31. The summed E-state index contributed by atoms with van der Waals surface area (Å²) < 4.78 is 7.43. The molecule has 2 unspecified atom stereocenters. The largest absolute Gasteiger partial charge is 0.423 e. The van der Waals surface area contributed by atoms with E-state index in [1.165, 1.54) is 12.5 Å². The number of nitrogens with zero attached hydrogens (tertiary/aromatic N) is 6. The first-order valence-corrected chi connectivity index (χ1v) is 9.99. The Morgan fingerprint density at radius 2 is 1.94 bits per heavy atom. The fraction of sp³-hybridized carbons (Fsp3) is 0.136. The van der Waals surface area contributed by atoms with Gasteiger partial charge in [0.15, 0.2) is 0 Å². The third-order valence-electron chi connectivity index (χ3n) is 5.66. The number of carbonyl (C=O) groups excluding carboxylic acids is 1. The summed E-state index contributed by atoms with van der Waals surface area (Å²) in [6.07, 6.45) is 8.05. The van der Waals surface area contributed by atoms with Gasteiger partial charge in [0.25, 0.3) is 5.91 Å². The molecule has 5 rings (SSSR count). The first kappa shape index (κ1) is 20.2. The Hall–Kier alpha value is -4.69. The molecule has 1 amide bonds. The highest BCUT2D eigenvalue weighted by atomic mass is 16.5. The van der Waals surface area contributed by atoms with Gasteiger partial charge in [-0.3, -0.25) is 14.4 Å². The molecule has 0 radical (unpaired) electrons. The van der Waals surface area contributed by atoms with Gasteiger partial charge in [-0.2, -0.15) is 5.26 Å². The van der Waals surface area contributed by atoms with Crippen molar-refractivity contribution >= 4 is 5.91 Å². The molecule has 0 spiro atoms. The monoisotopic (exact) mass is 441 g/mol. The van der Waals surface area contributed by atoms with Gasteiger partial charge in [-0.05, 0) is 17.7 Å². The summed E-state index contributed by atoms with van der Waals surface area (Å²) in [5.74, 6) is -0.381. The van der Waals surface area contributed by atoms with Crippen LogP contribution in [0.2, 0.25) is 0 Å². The molecule has 0 saturated heterocycles. The third-order valence-corrected chi connectivity index (χ3v) is 5.66. The zero-order valence-electron chi connectivity index (χ0n) is 17.5. The van der Waals surface area contributed by atoms with Crippen molar-refractivity contribution in [2.24, 2.45) is 11.5 Å². The van der Waals surface area contributed by atoms with Crippen LogP contribution in [0, 0.1) is 11.3 Å². The van der Waals surface area contributed by atoms with E-state index in [0.717, 1.165) is 16.7 Å². The highest BCUT2D eigenvalue weighted by Crippen LogP contribution is 2.47. The summed E-state index contributed by atoms with van der Waals surface area (Å²) in [5, 5.41) is 11.7.